The van der Waals surface area contributed by atoms with Crippen LogP contribution in [0.5, 0.6) is 0 Å². The molecular formula is C30H54N4O8. The minimum atomic E-state index is -1.82. The second-order valence-electron chi connectivity index (χ2n) is 15.6. The fourth-order valence-electron chi connectivity index (χ4n) is 6.38. The Morgan fingerprint density at radius 1 is 0.619 bits per heavy atom. The Labute approximate surface area is 250 Å². The lowest BCUT2D eigenvalue weighted by Crippen LogP contribution is -2.65. The smallest absolute Gasteiger partial charge is 0.414 e. The molecule has 4 heterocycles. The number of hydrogen-bond donors (Lipinski definition) is 4. The van der Waals surface area contributed by atoms with Crippen LogP contribution in [0, 0.1) is 10.8 Å². The lowest BCUT2D eigenvalue weighted by molar-refractivity contribution is -0.159. The third-order valence-electron chi connectivity index (χ3n) is 8.22. The van der Waals surface area contributed by atoms with E-state index in [1.165, 1.54) is 0 Å². The number of nitrogens with one attached hydrogen (secondary N) is 2. The Kier molecular flexibility index (Phi) is 10.6. The van der Waals surface area contributed by atoms with Gasteiger partial charge in [0.25, 0.3) is 0 Å². The molecule has 0 saturated carbocycles. The van der Waals surface area contributed by atoms with Gasteiger partial charge in [-0.1, -0.05) is 0 Å². The highest BCUT2D eigenvalue weighted by atomic mass is 16.6. The number of carbonyl (C=O) groups is 4. The number of nitrogens with zero attached hydrogens (tertiary/aromatic N) is 2. The van der Waals surface area contributed by atoms with Crippen molar-refractivity contribution in [3.63, 3.8) is 0 Å². The number of hydrogen-bond acceptors (Lipinski definition) is 8. The minimum absolute atomic E-state index is 0.108. The Morgan fingerprint density at radius 3 is 1.07 bits per heavy atom. The number of carboxylic acid groups (broad SMARTS) is 2. The molecule has 4 rings (SSSR count). The summed E-state index contributed by atoms with van der Waals surface area (Å²) in [6.45, 7) is 26.1. The molecule has 4 N–H and O–H groups in total. The minimum Gasteiger partial charge on any atom is -0.473 e. The summed E-state index contributed by atoms with van der Waals surface area (Å²) in [5.74, 6) is -3.65. The van der Waals surface area contributed by atoms with Gasteiger partial charge in [-0.2, -0.15) is 0 Å². The highest BCUT2D eigenvalue weighted by Gasteiger charge is 2.50. The van der Waals surface area contributed by atoms with E-state index in [2.05, 4.69) is 38.3 Å². The van der Waals surface area contributed by atoms with Gasteiger partial charge in [0, 0.05) is 50.3 Å². The molecule has 4 fully saturated rings. The molecule has 4 saturated heterocycles. The van der Waals surface area contributed by atoms with Gasteiger partial charge in [-0.25, -0.2) is 19.2 Å². The molecule has 0 bridgehead atoms. The zero-order valence-electron chi connectivity index (χ0n) is 27.3. The molecular weight excluding hydrogens is 544 g/mol. The van der Waals surface area contributed by atoms with E-state index in [0.29, 0.717) is 10.8 Å². The van der Waals surface area contributed by atoms with E-state index in [1.807, 2.05) is 51.3 Å². The molecule has 0 aromatic heterocycles. The summed E-state index contributed by atoms with van der Waals surface area (Å²) in [6, 6.07) is 0. The van der Waals surface area contributed by atoms with Gasteiger partial charge in [0.15, 0.2) is 0 Å². The van der Waals surface area contributed by atoms with Crippen molar-refractivity contribution in [2.45, 2.75) is 117 Å². The van der Waals surface area contributed by atoms with E-state index in [-0.39, 0.29) is 23.3 Å². The molecule has 0 aromatic carbocycles. The zero-order valence-corrected chi connectivity index (χ0v) is 27.3. The molecule has 2 spiro atoms. The van der Waals surface area contributed by atoms with Crippen molar-refractivity contribution >= 4 is 24.1 Å². The van der Waals surface area contributed by atoms with E-state index in [1.54, 1.807) is 0 Å². The summed E-state index contributed by atoms with van der Waals surface area (Å²) < 4.78 is 11.0. The number of carbonyl (C=O) groups excluding carboxylic acids is 2. The summed E-state index contributed by atoms with van der Waals surface area (Å²) in [5, 5.41) is 21.5. The van der Waals surface area contributed by atoms with Gasteiger partial charge in [0.05, 0.1) is 0 Å². The number of carboxylic acids is 2. The Morgan fingerprint density at radius 2 is 0.905 bits per heavy atom. The van der Waals surface area contributed by atoms with Crippen LogP contribution in [-0.4, -0.2) is 106 Å². The van der Waals surface area contributed by atoms with Crippen LogP contribution in [0.4, 0.5) is 9.59 Å². The van der Waals surface area contributed by atoms with Gasteiger partial charge >= 0.3 is 24.1 Å². The summed E-state index contributed by atoms with van der Waals surface area (Å²) >= 11 is 0. The average molecular weight is 599 g/mol. The van der Waals surface area contributed by atoms with E-state index in [9.17, 15) is 9.59 Å². The highest BCUT2D eigenvalue weighted by Crippen LogP contribution is 2.44. The molecule has 0 unspecified atom stereocenters. The second-order valence-corrected chi connectivity index (χ2v) is 15.6. The maximum Gasteiger partial charge on any atom is 0.414 e. The monoisotopic (exact) mass is 598 g/mol. The molecule has 0 aliphatic carbocycles. The van der Waals surface area contributed by atoms with Crippen LogP contribution < -0.4 is 10.6 Å². The lowest BCUT2D eigenvalue weighted by Gasteiger charge is -2.55. The van der Waals surface area contributed by atoms with Crippen LogP contribution in [0.15, 0.2) is 0 Å². The lowest BCUT2D eigenvalue weighted by atomic mass is 9.67. The molecule has 0 aromatic rings. The van der Waals surface area contributed by atoms with Crippen LogP contribution in [0.2, 0.25) is 0 Å². The van der Waals surface area contributed by atoms with E-state index >= 15 is 0 Å². The third kappa shape index (κ3) is 9.72. The van der Waals surface area contributed by atoms with Gasteiger partial charge in [-0.3, -0.25) is 0 Å². The van der Waals surface area contributed by atoms with Crippen molar-refractivity contribution in [1.82, 2.24) is 20.4 Å². The van der Waals surface area contributed by atoms with E-state index < -0.39 is 23.1 Å². The molecule has 12 heteroatoms. The number of piperidine rings is 2. The highest BCUT2D eigenvalue weighted by molar-refractivity contribution is 6.27. The number of likely N-dealkylation sites (tertiary alicyclic amines) is 2. The number of aliphatic carboxylic acids is 2. The van der Waals surface area contributed by atoms with Gasteiger partial charge < -0.3 is 40.1 Å². The Hall–Kier alpha value is -2.60. The summed E-state index contributed by atoms with van der Waals surface area (Å²) in [6.07, 6.45) is 3.95. The summed E-state index contributed by atoms with van der Waals surface area (Å²) in [5.41, 5.74) is -0.212. The predicted octanol–water partition coefficient (Wildman–Crippen LogP) is 3.93. The first kappa shape index (κ1) is 35.6. The average Bonchev–Trinajstić information content (AvgIpc) is 2.73. The van der Waals surface area contributed by atoms with Crippen LogP contribution in [0.3, 0.4) is 0 Å². The second kappa shape index (κ2) is 12.6. The van der Waals surface area contributed by atoms with Crippen molar-refractivity contribution in [1.29, 1.82) is 0 Å². The van der Waals surface area contributed by atoms with Crippen LogP contribution in [0.25, 0.3) is 0 Å². The predicted molar refractivity (Wildman–Crippen MR) is 158 cm³/mol. The molecule has 12 nitrogen and oxygen atoms in total. The normalized spacial score (nSPS) is 23.1. The van der Waals surface area contributed by atoms with Crippen LogP contribution in [-0.2, 0) is 19.1 Å². The largest absolute Gasteiger partial charge is 0.473 e. The summed E-state index contributed by atoms with van der Waals surface area (Å²) in [7, 11) is 0. The zero-order chi connectivity index (χ0) is 32.4. The molecule has 0 radical (unpaired) electrons. The first-order chi connectivity index (χ1) is 18.9. The standard InChI is InChI=1S/2C14H26N2O2.C2H2O4/c2*1-12(2,3)18-11(17)16-7-6-14(9-15-10-14)8-13(16,4)5;3-1(4)2(5)6/h2*15H,6-10H2,1-5H3;(H,3,4)(H,5,6). The number of amides is 2. The quantitative estimate of drug-likeness (QED) is 0.301. The fourth-order valence-corrected chi connectivity index (χ4v) is 6.38. The molecule has 0 atom stereocenters. The molecule has 42 heavy (non-hydrogen) atoms. The van der Waals surface area contributed by atoms with E-state index in [0.717, 1.165) is 65.0 Å². The maximum absolute atomic E-state index is 12.2. The SMILES string of the molecule is CC(C)(C)OC(=O)N1CCC2(CNC2)CC1(C)C.CC(C)(C)OC(=O)N1CCC2(CNC2)CC1(C)C.O=C(O)C(=O)O. The number of rotatable bonds is 0. The van der Waals surface area contributed by atoms with Crippen LogP contribution >= 0.6 is 0 Å². The van der Waals surface area contributed by atoms with Crippen molar-refractivity contribution in [3.8, 4) is 0 Å². The topological polar surface area (TPSA) is 158 Å². The van der Waals surface area contributed by atoms with Crippen LogP contribution in [0.1, 0.15) is 94.9 Å². The first-order valence-electron chi connectivity index (χ1n) is 14.8. The van der Waals surface area contributed by atoms with Crippen molar-refractivity contribution in [2.24, 2.45) is 10.8 Å². The van der Waals surface area contributed by atoms with Gasteiger partial charge in [0.1, 0.15) is 11.2 Å². The van der Waals surface area contributed by atoms with Gasteiger partial charge in [-0.15, -0.1) is 0 Å². The van der Waals surface area contributed by atoms with Gasteiger partial charge in [-0.05, 0) is 106 Å². The maximum atomic E-state index is 12.2. The first-order valence-corrected chi connectivity index (χ1v) is 14.8. The Balaban J connectivity index is 0.000000247. The van der Waals surface area contributed by atoms with Crippen molar-refractivity contribution in [3.05, 3.63) is 0 Å². The number of ether oxygens (including phenoxy) is 2. The molecule has 4 aliphatic heterocycles. The molecule has 2 amide bonds. The molecule has 242 valence electrons. The van der Waals surface area contributed by atoms with Crippen molar-refractivity contribution < 1.29 is 38.9 Å². The Bertz CT molecular complexity index is 924. The third-order valence-corrected chi connectivity index (χ3v) is 8.22. The molecule has 4 aliphatic rings. The fraction of sp³-hybridized carbons (Fsp3) is 0.867. The van der Waals surface area contributed by atoms with Gasteiger partial charge in [0.2, 0.25) is 0 Å². The summed E-state index contributed by atoms with van der Waals surface area (Å²) in [4.78, 5) is 46.5. The van der Waals surface area contributed by atoms with Crippen molar-refractivity contribution in [2.75, 3.05) is 39.3 Å². The van der Waals surface area contributed by atoms with E-state index in [4.69, 9.17) is 29.3 Å².